The molecular weight excluding hydrogens is 304 g/mol. The second-order valence-corrected chi connectivity index (χ2v) is 6.34. The van der Waals surface area contributed by atoms with Crippen LogP contribution in [0.25, 0.3) is 0 Å². The molecule has 1 saturated heterocycles. The molecule has 24 heavy (non-hydrogen) atoms. The molecule has 1 aliphatic heterocycles. The monoisotopic (exact) mass is 328 g/mol. The van der Waals surface area contributed by atoms with E-state index in [1.165, 1.54) is 0 Å². The van der Waals surface area contributed by atoms with Crippen molar-refractivity contribution in [1.82, 2.24) is 19.9 Å². The highest BCUT2D eigenvalue weighted by Gasteiger charge is 2.23. The SMILES string of the molecule is Cc1cnc(C)c(OC2CCN(c3cc(N(C)C)ncn3)CC2)n1. The summed E-state index contributed by atoms with van der Waals surface area (Å²) >= 11 is 0. The summed E-state index contributed by atoms with van der Waals surface area (Å²) in [6.07, 6.45) is 5.44. The van der Waals surface area contributed by atoms with Crippen molar-refractivity contribution in [2.45, 2.75) is 32.8 Å². The number of ether oxygens (including phenoxy) is 1. The van der Waals surface area contributed by atoms with Crippen LogP contribution in [0.5, 0.6) is 5.88 Å². The Kier molecular flexibility index (Phi) is 4.78. The van der Waals surface area contributed by atoms with Crippen molar-refractivity contribution >= 4 is 11.6 Å². The maximum Gasteiger partial charge on any atom is 0.235 e. The van der Waals surface area contributed by atoms with Gasteiger partial charge in [0.15, 0.2) is 0 Å². The normalized spacial score (nSPS) is 15.4. The van der Waals surface area contributed by atoms with Gasteiger partial charge in [-0.2, -0.15) is 0 Å². The fourth-order valence-corrected chi connectivity index (χ4v) is 2.74. The molecule has 128 valence electrons. The summed E-state index contributed by atoms with van der Waals surface area (Å²) < 4.78 is 6.07. The topological polar surface area (TPSA) is 67.3 Å². The quantitative estimate of drug-likeness (QED) is 0.850. The molecule has 1 fully saturated rings. The summed E-state index contributed by atoms with van der Waals surface area (Å²) in [6.45, 7) is 5.68. The van der Waals surface area contributed by atoms with Gasteiger partial charge in [0.25, 0.3) is 0 Å². The fraction of sp³-hybridized carbons (Fsp3) is 0.529. The van der Waals surface area contributed by atoms with E-state index in [0.29, 0.717) is 5.88 Å². The molecule has 0 amide bonds. The molecule has 7 nitrogen and oxygen atoms in total. The van der Waals surface area contributed by atoms with Gasteiger partial charge in [0.1, 0.15) is 24.1 Å². The summed E-state index contributed by atoms with van der Waals surface area (Å²) in [7, 11) is 3.97. The molecule has 0 unspecified atom stereocenters. The molecule has 0 saturated carbocycles. The lowest BCUT2D eigenvalue weighted by atomic mass is 10.1. The lowest BCUT2D eigenvalue weighted by Gasteiger charge is -2.33. The second-order valence-electron chi connectivity index (χ2n) is 6.34. The Balaban J connectivity index is 1.61. The van der Waals surface area contributed by atoms with E-state index in [0.717, 1.165) is 49.0 Å². The first-order valence-corrected chi connectivity index (χ1v) is 8.24. The number of nitrogens with zero attached hydrogens (tertiary/aromatic N) is 6. The molecule has 3 rings (SSSR count). The molecule has 0 spiro atoms. The number of aryl methyl sites for hydroxylation is 2. The summed E-state index contributed by atoms with van der Waals surface area (Å²) in [4.78, 5) is 21.7. The summed E-state index contributed by atoms with van der Waals surface area (Å²) in [5.41, 5.74) is 1.72. The van der Waals surface area contributed by atoms with Gasteiger partial charge in [-0.15, -0.1) is 0 Å². The van der Waals surface area contributed by atoms with Gasteiger partial charge in [-0.25, -0.2) is 15.0 Å². The van der Waals surface area contributed by atoms with Crippen molar-refractivity contribution in [1.29, 1.82) is 0 Å². The minimum Gasteiger partial charge on any atom is -0.473 e. The van der Waals surface area contributed by atoms with Crippen LogP contribution in [0.4, 0.5) is 11.6 Å². The third-order valence-corrected chi connectivity index (χ3v) is 4.17. The first-order chi connectivity index (χ1) is 11.5. The van der Waals surface area contributed by atoms with Gasteiger partial charge < -0.3 is 14.5 Å². The molecule has 0 atom stereocenters. The number of anilines is 2. The minimum absolute atomic E-state index is 0.172. The van der Waals surface area contributed by atoms with E-state index in [9.17, 15) is 0 Å². The highest BCUT2D eigenvalue weighted by Crippen LogP contribution is 2.23. The van der Waals surface area contributed by atoms with Crippen LogP contribution in [0.15, 0.2) is 18.6 Å². The van der Waals surface area contributed by atoms with Crippen molar-refractivity contribution in [2.75, 3.05) is 37.0 Å². The second kappa shape index (κ2) is 6.98. The molecule has 0 aromatic carbocycles. The molecular formula is C17H24N6O. The number of piperidine rings is 1. The number of rotatable bonds is 4. The van der Waals surface area contributed by atoms with Crippen LogP contribution in [0.2, 0.25) is 0 Å². The Morgan fingerprint density at radius 1 is 1.12 bits per heavy atom. The Labute approximate surface area is 142 Å². The maximum atomic E-state index is 6.07. The van der Waals surface area contributed by atoms with Crippen LogP contribution < -0.4 is 14.5 Å². The predicted molar refractivity (Wildman–Crippen MR) is 93.7 cm³/mol. The summed E-state index contributed by atoms with van der Waals surface area (Å²) in [5, 5.41) is 0. The van der Waals surface area contributed by atoms with Gasteiger partial charge in [0, 0.05) is 52.3 Å². The largest absolute Gasteiger partial charge is 0.473 e. The molecule has 7 heteroatoms. The zero-order valence-electron chi connectivity index (χ0n) is 14.7. The van der Waals surface area contributed by atoms with Gasteiger partial charge in [0.2, 0.25) is 5.88 Å². The van der Waals surface area contributed by atoms with Crippen LogP contribution in [-0.2, 0) is 0 Å². The molecule has 0 radical (unpaired) electrons. The number of aromatic nitrogens is 4. The molecule has 0 bridgehead atoms. The minimum atomic E-state index is 0.172. The van der Waals surface area contributed by atoms with Crippen LogP contribution in [-0.4, -0.2) is 53.2 Å². The van der Waals surface area contributed by atoms with Gasteiger partial charge in [-0.05, 0) is 13.8 Å². The van der Waals surface area contributed by atoms with Gasteiger partial charge in [0.05, 0.1) is 11.4 Å². The zero-order valence-corrected chi connectivity index (χ0v) is 14.7. The zero-order chi connectivity index (χ0) is 17.1. The van der Waals surface area contributed by atoms with Crippen LogP contribution in [0.1, 0.15) is 24.2 Å². The van der Waals surface area contributed by atoms with Gasteiger partial charge >= 0.3 is 0 Å². The van der Waals surface area contributed by atoms with E-state index in [1.807, 2.05) is 38.9 Å². The van der Waals surface area contributed by atoms with E-state index < -0.39 is 0 Å². The average Bonchev–Trinajstić information content (AvgIpc) is 2.59. The molecule has 2 aromatic heterocycles. The Bertz CT molecular complexity index is 697. The third kappa shape index (κ3) is 3.72. The van der Waals surface area contributed by atoms with Gasteiger partial charge in [-0.3, -0.25) is 4.98 Å². The van der Waals surface area contributed by atoms with E-state index >= 15 is 0 Å². The van der Waals surface area contributed by atoms with Crippen LogP contribution in [0.3, 0.4) is 0 Å². The molecule has 2 aromatic rings. The van der Waals surface area contributed by atoms with Crippen molar-refractivity contribution in [3.63, 3.8) is 0 Å². The molecule has 0 aliphatic carbocycles. The average molecular weight is 328 g/mol. The lowest BCUT2D eigenvalue weighted by molar-refractivity contribution is 0.161. The standard InChI is InChI=1S/C17H24N6O/c1-12-10-18-13(2)17(21-12)24-14-5-7-23(8-6-14)16-9-15(22(3)4)19-11-20-16/h9-11,14H,5-8H2,1-4H3. The highest BCUT2D eigenvalue weighted by atomic mass is 16.5. The maximum absolute atomic E-state index is 6.07. The Morgan fingerprint density at radius 2 is 1.88 bits per heavy atom. The summed E-state index contributed by atoms with van der Waals surface area (Å²) in [5.74, 6) is 2.55. The van der Waals surface area contributed by atoms with E-state index in [2.05, 4.69) is 24.8 Å². The van der Waals surface area contributed by atoms with E-state index in [-0.39, 0.29) is 6.10 Å². The lowest BCUT2D eigenvalue weighted by Crippen LogP contribution is -2.39. The molecule has 0 N–H and O–H groups in total. The highest BCUT2D eigenvalue weighted by molar-refractivity contribution is 5.49. The van der Waals surface area contributed by atoms with E-state index in [1.54, 1.807) is 12.5 Å². The van der Waals surface area contributed by atoms with Crippen molar-refractivity contribution < 1.29 is 4.74 Å². The first kappa shape index (κ1) is 16.4. The number of hydrogen-bond acceptors (Lipinski definition) is 7. The van der Waals surface area contributed by atoms with Crippen molar-refractivity contribution in [2.24, 2.45) is 0 Å². The molecule has 3 heterocycles. The van der Waals surface area contributed by atoms with Crippen LogP contribution in [0, 0.1) is 13.8 Å². The Hall–Kier alpha value is -2.44. The predicted octanol–water partition coefficient (Wildman–Crippen LogP) is 2.00. The molecule has 1 aliphatic rings. The fourth-order valence-electron chi connectivity index (χ4n) is 2.74. The first-order valence-electron chi connectivity index (χ1n) is 8.24. The third-order valence-electron chi connectivity index (χ3n) is 4.17. The number of hydrogen-bond donors (Lipinski definition) is 0. The van der Waals surface area contributed by atoms with Gasteiger partial charge in [-0.1, -0.05) is 0 Å². The van der Waals surface area contributed by atoms with E-state index in [4.69, 9.17) is 4.74 Å². The van der Waals surface area contributed by atoms with Crippen molar-refractivity contribution in [3.8, 4) is 5.88 Å². The van der Waals surface area contributed by atoms with Crippen LogP contribution >= 0.6 is 0 Å². The Morgan fingerprint density at radius 3 is 2.58 bits per heavy atom. The van der Waals surface area contributed by atoms with Crippen molar-refractivity contribution in [3.05, 3.63) is 30.0 Å². The summed E-state index contributed by atoms with van der Waals surface area (Å²) in [6, 6.07) is 2.03. The smallest absolute Gasteiger partial charge is 0.235 e.